The molecule has 44 heavy (non-hydrogen) atoms. The lowest BCUT2D eigenvalue weighted by atomic mass is 10.1. The van der Waals surface area contributed by atoms with Gasteiger partial charge in [0.05, 0.1) is 30.0 Å². The van der Waals surface area contributed by atoms with Crippen molar-refractivity contribution in [3.8, 4) is 23.0 Å². The maximum atomic E-state index is 13.6. The molecule has 5 nitrogen and oxygen atoms in total. The maximum Gasteiger partial charge on any atom is 0.189 e. The number of rotatable bonds is 23. The van der Waals surface area contributed by atoms with Crippen LogP contribution in [-0.2, 0) is 0 Å². The van der Waals surface area contributed by atoms with Gasteiger partial charge in [-0.2, -0.15) is 0 Å². The first-order valence-electron chi connectivity index (χ1n) is 17.4. The van der Waals surface area contributed by atoms with Crippen molar-refractivity contribution in [3.63, 3.8) is 0 Å². The summed E-state index contributed by atoms with van der Waals surface area (Å²) >= 11 is 0. The van der Waals surface area contributed by atoms with Crippen LogP contribution in [0.15, 0.2) is 42.5 Å². The molecular weight excluding hydrogens is 548 g/mol. The molecule has 0 aromatic heterocycles. The highest BCUT2D eigenvalue weighted by Crippen LogP contribution is 2.39. The van der Waals surface area contributed by atoms with E-state index in [1.807, 2.05) is 42.5 Å². The van der Waals surface area contributed by atoms with E-state index in [9.17, 15) is 4.79 Å². The Morgan fingerprint density at radius 1 is 0.636 bits per heavy atom. The summed E-state index contributed by atoms with van der Waals surface area (Å²) in [7, 11) is 0. The lowest BCUT2D eigenvalue weighted by Crippen LogP contribution is -2.17. The van der Waals surface area contributed by atoms with E-state index >= 15 is 0 Å². The molecule has 2 rings (SSSR count). The fraction of sp³-hybridized carbons (Fsp3) is 0.615. The summed E-state index contributed by atoms with van der Waals surface area (Å²) in [5, 5.41) is 0. The molecule has 0 aliphatic rings. The van der Waals surface area contributed by atoms with Gasteiger partial charge in [-0.1, -0.05) is 91.2 Å². The first-order valence-corrected chi connectivity index (χ1v) is 17.4. The lowest BCUT2D eigenvalue weighted by Gasteiger charge is -2.24. The Morgan fingerprint density at radius 3 is 1.66 bits per heavy atom. The Bertz CT molecular complexity index is 1120. The van der Waals surface area contributed by atoms with Gasteiger partial charge in [-0.3, -0.25) is 4.79 Å². The highest BCUT2D eigenvalue weighted by molar-refractivity contribution is 6.08. The van der Waals surface area contributed by atoms with E-state index in [1.54, 1.807) is 6.08 Å². The second-order valence-electron chi connectivity index (χ2n) is 12.3. The van der Waals surface area contributed by atoms with Crippen LogP contribution in [0, 0.1) is 0 Å². The summed E-state index contributed by atoms with van der Waals surface area (Å²) < 4.78 is 25.7. The monoisotopic (exact) mass is 608 g/mol. The third kappa shape index (κ3) is 13.4. The van der Waals surface area contributed by atoms with Crippen molar-refractivity contribution in [2.75, 3.05) is 0 Å². The SMILES string of the molecule is CCCCC(C)Oc1cc(C=CC(=O)c2ccccc2OC(C)CCCC)c(OC(C)CCCC)c(OC(C)CCCC)c1. The van der Waals surface area contributed by atoms with Crippen molar-refractivity contribution in [1.29, 1.82) is 0 Å². The molecule has 2 aromatic carbocycles. The highest BCUT2D eigenvalue weighted by atomic mass is 16.5. The molecule has 4 unspecified atom stereocenters. The number of hydrogen-bond acceptors (Lipinski definition) is 5. The number of para-hydroxylation sites is 1. The Hall–Kier alpha value is -2.95. The van der Waals surface area contributed by atoms with Crippen LogP contribution in [0.25, 0.3) is 6.08 Å². The molecule has 0 amide bonds. The molecule has 0 aliphatic carbocycles. The number of allylic oxidation sites excluding steroid dienone is 1. The van der Waals surface area contributed by atoms with E-state index in [-0.39, 0.29) is 30.2 Å². The van der Waals surface area contributed by atoms with Crippen molar-refractivity contribution >= 4 is 11.9 Å². The van der Waals surface area contributed by atoms with E-state index in [0.29, 0.717) is 22.8 Å². The molecule has 5 heteroatoms. The third-order valence-electron chi connectivity index (χ3n) is 7.79. The Labute approximate surface area is 268 Å². The standard InChI is InChI=1S/C39H60O5/c1-9-13-19-29(5)41-34-27-33(25-26-36(40)35-23-17-18-24-37(35)42-30(6)20-14-10-2)39(44-32(8)22-16-12-4)38(28-34)43-31(7)21-15-11-3/h17-18,23-32H,9-16,19-22H2,1-8H3. The molecule has 0 saturated carbocycles. The number of unbranched alkanes of at least 4 members (excludes halogenated alkanes) is 4. The van der Waals surface area contributed by atoms with Gasteiger partial charge in [-0.15, -0.1) is 0 Å². The molecule has 246 valence electrons. The van der Waals surface area contributed by atoms with Crippen LogP contribution >= 0.6 is 0 Å². The summed E-state index contributed by atoms with van der Waals surface area (Å²) in [6.07, 6.45) is 16.2. The largest absolute Gasteiger partial charge is 0.491 e. The molecule has 0 heterocycles. The van der Waals surface area contributed by atoms with Crippen LogP contribution in [0.4, 0.5) is 0 Å². The van der Waals surface area contributed by atoms with Crippen LogP contribution in [0.2, 0.25) is 0 Å². The zero-order chi connectivity index (χ0) is 32.3. The number of ether oxygens (including phenoxy) is 4. The van der Waals surface area contributed by atoms with Crippen LogP contribution in [0.3, 0.4) is 0 Å². The normalized spacial score (nSPS) is 14.2. The van der Waals surface area contributed by atoms with Gasteiger partial charge < -0.3 is 18.9 Å². The van der Waals surface area contributed by atoms with Crippen molar-refractivity contribution in [1.82, 2.24) is 0 Å². The second-order valence-corrected chi connectivity index (χ2v) is 12.3. The molecular formula is C39H60O5. The van der Waals surface area contributed by atoms with Gasteiger partial charge in [0.25, 0.3) is 0 Å². The highest BCUT2D eigenvalue weighted by Gasteiger charge is 2.20. The molecule has 0 N–H and O–H groups in total. The second kappa shape index (κ2) is 20.9. The summed E-state index contributed by atoms with van der Waals surface area (Å²) in [4.78, 5) is 13.6. The zero-order valence-corrected chi connectivity index (χ0v) is 29.0. The Morgan fingerprint density at radius 2 is 1.11 bits per heavy atom. The molecule has 0 fully saturated rings. The number of carbonyl (C=O) groups is 1. The molecule has 0 radical (unpaired) electrons. The minimum absolute atomic E-state index is 0.0000740. The predicted octanol–water partition coefficient (Wildman–Crippen LogP) is 11.4. The predicted molar refractivity (Wildman–Crippen MR) is 185 cm³/mol. The van der Waals surface area contributed by atoms with E-state index < -0.39 is 0 Å². The van der Waals surface area contributed by atoms with Gasteiger partial charge in [0.1, 0.15) is 11.5 Å². The van der Waals surface area contributed by atoms with Crippen LogP contribution < -0.4 is 18.9 Å². The molecule has 4 atom stereocenters. The first-order chi connectivity index (χ1) is 21.2. The minimum Gasteiger partial charge on any atom is -0.491 e. The number of hydrogen-bond donors (Lipinski definition) is 0. The van der Waals surface area contributed by atoms with Crippen LogP contribution in [0.1, 0.15) is 148 Å². The summed E-state index contributed by atoms with van der Waals surface area (Å²) in [5.74, 6) is 2.55. The van der Waals surface area contributed by atoms with Crippen molar-refractivity contribution in [2.24, 2.45) is 0 Å². The van der Waals surface area contributed by atoms with Crippen molar-refractivity contribution in [2.45, 2.75) is 157 Å². The maximum absolute atomic E-state index is 13.6. The van der Waals surface area contributed by atoms with E-state index in [2.05, 4.69) is 55.4 Å². The van der Waals surface area contributed by atoms with Crippen molar-refractivity contribution in [3.05, 3.63) is 53.6 Å². The first kappa shape index (κ1) is 37.2. The molecule has 0 aliphatic heterocycles. The molecule has 2 aromatic rings. The summed E-state index contributed by atoms with van der Waals surface area (Å²) in [5.41, 5.74) is 1.32. The topological polar surface area (TPSA) is 54.0 Å². The minimum atomic E-state index is -0.116. The Kier molecular flexibility index (Phi) is 17.7. The number of carbonyl (C=O) groups excluding carboxylic acids is 1. The van der Waals surface area contributed by atoms with Gasteiger partial charge in [-0.05, 0) is 83.7 Å². The van der Waals surface area contributed by atoms with E-state index in [4.69, 9.17) is 18.9 Å². The van der Waals surface area contributed by atoms with Gasteiger partial charge in [-0.25, -0.2) is 0 Å². The van der Waals surface area contributed by atoms with Gasteiger partial charge in [0, 0.05) is 11.6 Å². The number of ketones is 1. The zero-order valence-electron chi connectivity index (χ0n) is 29.0. The van der Waals surface area contributed by atoms with Gasteiger partial charge >= 0.3 is 0 Å². The quantitative estimate of drug-likeness (QED) is 0.0928. The Balaban J connectivity index is 2.52. The van der Waals surface area contributed by atoms with Crippen LogP contribution in [0.5, 0.6) is 23.0 Å². The third-order valence-corrected chi connectivity index (χ3v) is 7.79. The van der Waals surface area contributed by atoms with Crippen molar-refractivity contribution < 1.29 is 23.7 Å². The smallest absolute Gasteiger partial charge is 0.189 e. The average Bonchev–Trinajstić information content (AvgIpc) is 3.01. The molecule has 0 spiro atoms. The van der Waals surface area contributed by atoms with Gasteiger partial charge in [0.15, 0.2) is 17.3 Å². The fourth-order valence-electron chi connectivity index (χ4n) is 5.10. The fourth-order valence-corrected chi connectivity index (χ4v) is 5.10. The van der Waals surface area contributed by atoms with Crippen LogP contribution in [-0.4, -0.2) is 30.2 Å². The lowest BCUT2D eigenvalue weighted by molar-refractivity contribution is 0.104. The van der Waals surface area contributed by atoms with E-state index in [1.165, 1.54) is 0 Å². The van der Waals surface area contributed by atoms with Gasteiger partial charge in [0.2, 0.25) is 0 Å². The number of benzene rings is 2. The summed E-state index contributed by atoms with van der Waals surface area (Å²) in [6.45, 7) is 17.1. The summed E-state index contributed by atoms with van der Waals surface area (Å²) in [6, 6.07) is 11.4. The van der Waals surface area contributed by atoms with E-state index in [0.717, 1.165) is 88.4 Å². The molecule has 0 bridgehead atoms. The average molecular weight is 609 g/mol. The molecule has 0 saturated heterocycles.